The number of unbranched alkanes of at least 4 members (excludes halogenated alkanes) is 27. The third-order valence-electron chi connectivity index (χ3n) is 14.0. The minimum absolute atomic E-state index is 0.143. The molecule has 0 bridgehead atoms. The summed E-state index contributed by atoms with van der Waals surface area (Å²) in [6, 6.07) is 0. The maximum Gasteiger partial charge on any atom is 0.306 e. The Morgan fingerprint density at radius 3 is 1.05 bits per heavy atom. The fourth-order valence-corrected chi connectivity index (χ4v) is 9.00. The minimum atomic E-state index is -1.63. The van der Waals surface area contributed by atoms with Gasteiger partial charge in [0.15, 0.2) is 12.4 Å². The number of carbonyl (C=O) groups is 3. The quantitative estimate of drug-likeness (QED) is 0.0195. The lowest BCUT2D eigenvalue weighted by atomic mass is 10.0. The number of quaternary nitrogens is 1. The van der Waals surface area contributed by atoms with Crippen LogP contribution in [0, 0.1) is 0 Å². The monoisotopic (exact) mass is 1130 g/mol. The second kappa shape index (κ2) is 62.0. The summed E-state index contributed by atoms with van der Waals surface area (Å²) >= 11 is 0. The number of carboxylic acids is 1. The molecule has 9 nitrogen and oxygen atoms in total. The molecule has 0 aromatic heterocycles. The van der Waals surface area contributed by atoms with E-state index in [1.54, 1.807) is 0 Å². The number of hydrogen-bond donors (Lipinski definition) is 0. The molecule has 0 N–H and O–H groups in total. The van der Waals surface area contributed by atoms with Crippen molar-refractivity contribution >= 4 is 17.9 Å². The van der Waals surface area contributed by atoms with Gasteiger partial charge < -0.3 is 33.3 Å². The largest absolute Gasteiger partial charge is 0.545 e. The average molecular weight is 1130 g/mol. The topological polar surface area (TPSA) is 111 Å². The molecular weight excluding hydrogens is 1010 g/mol. The van der Waals surface area contributed by atoms with Gasteiger partial charge in [-0.15, -0.1) is 0 Å². The molecule has 0 amide bonds. The van der Waals surface area contributed by atoms with Gasteiger partial charge in [-0.1, -0.05) is 284 Å². The highest BCUT2D eigenvalue weighted by molar-refractivity contribution is 5.70. The van der Waals surface area contributed by atoms with Crippen LogP contribution in [0.1, 0.15) is 271 Å². The van der Waals surface area contributed by atoms with Gasteiger partial charge >= 0.3 is 11.9 Å². The number of esters is 2. The Morgan fingerprint density at radius 2 is 0.704 bits per heavy atom. The molecule has 0 aromatic rings. The summed E-state index contributed by atoms with van der Waals surface area (Å²) in [7, 11) is 5.92. The Labute approximate surface area is 498 Å². The molecule has 0 aliphatic carbocycles. The van der Waals surface area contributed by atoms with E-state index in [9.17, 15) is 19.5 Å². The molecular formula is C72H123NO8. The van der Waals surface area contributed by atoms with Crippen LogP contribution in [-0.2, 0) is 33.3 Å². The van der Waals surface area contributed by atoms with E-state index >= 15 is 0 Å². The first-order valence-corrected chi connectivity index (χ1v) is 33.0. The van der Waals surface area contributed by atoms with E-state index in [1.165, 1.54) is 135 Å². The summed E-state index contributed by atoms with van der Waals surface area (Å²) < 4.78 is 22.8. The molecule has 0 radical (unpaired) electrons. The molecule has 0 spiro atoms. The maximum absolute atomic E-state index is 12.9. The first-order chi connectivity index (χ1) is 39.6. The number of hydrogen-bond acceptors (Lipinski definition) is 8. The number of carboxylic acid groups (broad SMARTS) is 1. The summed E-state index contributed by atoms with van der Waals surface area (Å²) in [6.07, 6.45) is 82.9. The van der Waals surface area contributed by atoms with E-state index in [0.29, 0.717) is 23.9 Å². The fraction of sp³-hybridized carbons (Fsp3) is 0.708. The van der Waals surface area contributed by atoms with Crippen molar-refractivity contribution in [3.8, 4) is 0 Å². The number of ether oxygens (including phenoxy) is 4. The molecule has 0 heterocycles. The zero-order valence-corrected chi connectivity index (χ0v) is 52.9. The molecule has 0 saturated heterocycles. The van der Waals surface area contributed by atoms with Gasteiger partial charge in [0.2, 0.25) is 0 Å². The second-order valence-electron chi connectivity index (χ2n) is 23.0. The van der Waals surface area contributed by atoms with Crippen LogP contribution in [-0.4, -0.2) is 82.3 Å². The van der Waals surface area contributed by atoms with Gasteiger partial charge in [0.25, 0.3) is 0 Å². The molecule has 81 heavy (non-hydrogen) atoms. The van der Waals surface area contributed by atoms with Gasteiger partial charge in [-0.3, -0.25) is 9.59 Å². The summed E-state index contributed by atoms with van der Waals surface area (Å²) in [5, 5.41) is 11.8. The van der Waals surface area contributed by atoms with Gasteiger partial charge in [-0.05, 0) is 83.5 Å². The summed E-state index contributed by atoms with van der Waals surface area (Å²) in [4.78, 5) is 37.4. The van der Waals surface area contributed by atoms with Crippen LogP contribution >= 0.6 is 0 Å². The average Bonchev–Trinajstić information content (AvgIpc) is 3.44. The van der Waals surface area contributed by atoms with Crippen molar-refractivity contribution < 1.29 is 42.9 Å². The molecule has 0 aliphatic heterocycles. The Morgan fingerprint density at radius 1 is 0.383 bits per heavy atom. The van der Waals surface area contributed by atoms with E-state index in [4.69, 9.17) is 18.9 Å². The van der Waals surface area contributed by atoms with Gasteiger partial charge in [-0.25, -0.2) is 0 Å². The summed E-state index contributed by atoms with van der Waals surface area (Å²) in [5.74, 6) is -2.29. The first kappa shape index (κ1) is 77.0. The third-order valence-corrected chi connectivity index (χ3v) is 14.0. The standard InChI is InChI=1S/C72H123NO8/c1-6-8-10-12-14-16-18-20-22-24-26-27-28-29-30-31-32-33-34-35-36-37-38-39-40-41-42-43-45-47-49-51-53-55-57-59-61-63-70(75)81-68(67-80-72(71(76)77)78-65-64-73(3,4)5)66-79-69(74)62-60-58-56-54-52-50-48-46-44-25-23-21-19-17-15-13-11-9-7-2/h8,10,14,16,20,22,26-27,29-30,32-33,35-36,38-39,41-42,68,72H,6-7,9,11-13,15,17-19,21,23-25,28,31,34,37,40,43-67H2,1-5H3/b10-8-,16-14-,22-20-,27-26-,30-29-,33-32-,36-35-,39-38-,42-41-. The van der Waals surface area contributed by atoms with Crippen molar-refractivity contribution in [3.63, 3.8) is 0 Å². The van der Waals surface area contributed by atoms with Crippen LogP contribution in [0.5, 0.6) is 0 Å². The van der Waals surface area contributed by atoms with Gasteiger partial charge in [0.1, 0.15) is 13.2 Å². The van der Waals surface area contributed by atoms with Crippen molar-refractivity contribution in [2.24, 2.45) is 0 Å². The Hall–Kier alpha value is -4.05. The molecule has 2 atom stereocenters. The highest BCUT2D eigenvalue weighted by Crippen LogP contribution is 2.17. The normalized spacial score (nSPS) is 13.4. The van der Waals surface area contributed by atoms with Crippen molar-refractivity contribution in [1.82, 2.24) is 0 Å². The van der Waals surface area contributed by atoms with E-state index in [1.807, 2.05) is 21.1 Å². The minimum Gasteiger partial charge on any atom is -0.545 e. The van der Waals surface area contributed by atoms with E-state index in [0.717, 1.165) is 103 Å². The summed E-state index contributed by atoms with van der Waals surface area (Å²) in [5.41, 5.74) is 0. The SMILES string of the molecule is CC/C=C\C/C=C\C/C=C\C/C=C\C/C=C\C/C=C\C/C=C\C/C=C\C/C=C\CCCCCCCCCCCC(=O)OC(COC(=O)CCCCCCCCCCCCCCCCCCCCC)COC(OCC[N+](C)(C)C)C(=O)[O-]. The fourth-order valence-electron chi connectivity index (χ4n) is 9.00. The van der Waals surface area contributed by atoms with Crippen molar-refractivity contribution in [2.45, 2.75) is 283 Å². The van der Waals surface area contributed by atoms with E-state index < -0.39 is 24.3 Å². The lowest BCUT2D eigenvalue weighted by molar-refractivity contribution is -0.870. The Bertz CT molecular complexity index is 1700. The molecule has 0 fully saturated rings. The number of carbonyl (C=O) groups excluding carboxylic acids is 3. The lowest BCUT2D eigenvalue weighted by Crippen LogP contribution is -2.44. The second-order valence-corrected chi connectivity index (χ2v) is 23.0. The summed E-state index contributed by atoms with van der Waals surface area (Å²) in [6.45, 7) is 4.65. The lowest BCUT2D eigenvalue weighted by Gasteiger charge is -2.26. The predicted molar refractivity (Wildman–Crippen MR) is 343 cm³/mol. The van der Waals surface area contributed by atoms with Gasteiger partial charge in [0.05, 0.1) is 40.3 Å². The molecule has 0 aromatic carbocycles. The molecule has 464 valence electrons. The van der Waals surface area contributed by atoms with E-state index in [-0.39, 0.29) is 32.2 Å². The van der Waals surface area contributed by atoms with Crippen molar-refractivity contribution in [3.05, 3.63) is 109 Å². The van der Waals surface area contributed by atoms with Crippen LogP contribution in [0.15, 0.2) is 109 Å². The number of likely N-dealkylation sites (N-methyl/N-ethyl adjacent to an activating group) is 1. The van der Waals surface area contributed by atoms with Gasteiger partial charge in [0, 0.05) is 12.8 Å². The zero-order valence-electron chi connectivity index (χ0n) is 52.9. The third kappa shape index (κ3) is 63.4. The number of aliphatic carboxylic acids is 1. The molecule has 0 saturated carbocycles. The highest BCUT2D eigenvalue weighted by atomic mass is 16.7. The van der Waals surface area contributed by atoms with Crippen LogP contribution in [0.4, 0.5) is 0 Å². The smallest absolute Gasteiger partial charge is 0.306 e. The highest BCUT2D eigenvalue weighted by Gasteiger charge is 2.22. The number of rotatable bonds is 60. The predicted octanol–water partition coefficient (Wildman–Crippen LogP) is 18.9. The van der Waals surface area contributed by atoms with Crippen molar-refractivity contribution in [2.75, 3.05) is 47.5 Å². The molecule has 0 aliphatic rings. The first-order valence-electron chi connectivity index (χ1n) is 33.0. The van der Waals surface area contributed by atoms with Crippen molar-refractivity contribution in [1.29, 1.82) is 0 Å². The number of allylic oxidation sites excluding steroid dienone is 18. The number of nitrogens with zero attached hydrogens (tertiary/aromatic N) is 1. The van der Waals surface area contributed by atoms with Gasteiger partial charge in [-0.2, -0.15) is 0 Å². The van der Waals surface area contributed by atoms with Crippen LogP contribution in [0.25, 0.3) is 0 Å². The molecule has 9 heteroatoms. The maximum atomic E-state index is 12.9. The van der Waals surface area contributed by atoms with Crippen LogP contribution in [0.2, 0.25) is 0 Å². The van der Waals surface area contributed by atoms with E-state index in [2.05, 4.69) is 123 Å². The van der Waals surface area contributed by atoms with Crippen LogP contribution in [0.3, 0.4) is 0 Å². The Balaban J connectivity index is 4.17. The zero-order chi connectivity index (χ0) is 59.1. The molecule has 0 rings (SSSR count). The van der Waals surface area contributed by atoms with Crippen LogP contribution < -0.4 is 5.11 Å². The Kier molecular flexibility index (Phi) is 58.9. The molecule has 2 unspecified atom stereocenters.